The van der Waals surface area contributed by atoms with E-state index in [4.69, 9.17) is 16.3 Å². The SMILES string of the molecule is Cn1c(COc2ccc(Cl)cc2)nnc1SCC(=O)N1CC(=O)NC(=O)C12CCCCC2. The number of thioether (sulfide) groups is 1. The number of carbonyl (C=O) groups excluding carboxylic acids is 3. The zero-order valence-corrected chi connectivity index (χ0v) is 19.2. The summed E-state index contributed by atoms with van der Waals surface area (Å²) in [5.41, 5.74) is -0.915. The molecule has 11 heteroatoms. The fraction of sp³-hybridized carbons (Fsp3) is 0.476. The standard InChI is InChI=1S/C21H24ClN5O4S/c1-26-16(12-31-15-7-5-14(22)6-8-15)24-25-20(26)32-13-18(29)27-11-17(28)23-19(30)21(27)9-3-2-4-10-21/h5-8H,2-4,9-13H2,1H3,(H,23,28,30). The van der Waals surface area contributed by atoms with Gasteiger partial charge in [-0.05, 0) is 37.1 Å². The number of ether oxygens (including phenoxy) is 1. The maximum Gasteiger partial charge on any atom is 0.252 e. The molecule has 3 amide bonds. The van der Waals surface area contributed by atoms with Gasteiger partial charge >= 0.3 is 0 Å². The molecule has 2 aliphatic rings. The molecule has 9 nitrogen and oxygen atoms in total. The van der Waals surface area contributed by atoms with Gasteiger partial charge in [-0.15, -0.1) is 10.2 Å². The summed E-state index contributed by atoms with van der Waals surface area (Å²) in [7, 11) is 1.80. The van der Waals surface area contributed by atoms with E-state index in [0.29, 0.717) is 34.6 Å². The van der Waals surface area contributed by atoms with Crippen LogP contribution in [0.2, 0.25) is 5.02 Å². The normalized spacial score (nSPS) is 18.0. The highest BCUT2D eigenvalue weighted by molar-refractivity contribution is 7.99. The first-order valence-corrected chi connectivity index (χ1v) is 11.8. The van der Waals surface area contributed by atoms with Crippen molar-refractivity contribution in [1.29, 1.82) is 0 Å². The third-order valence-corrected chi connectivity index (χ3v) is 7.16. The van der Waals surface area contributed by atoms with Crippen LogP contribution in [-0.2, 0) is 28.0 Å². The summed E-state index contributed by atoms with van der Waals surface area (Å²) < 4.78 is 7.47. The van der Waals surface area contributed by atoms with Gasteiger partial charge in [0.2, 0.25) is 11.8 Å². The van der Waals surface area contributed by atoms with E-state index in [1.54, 1.807) is 35.9 Å². The lowest BCUT2D eigenvalue weighted by molar-refractivity contribution is -0.158. The van der Waals surface area contributed by atoms with Crippen LogP contribution in [0.5, 0.6) is 5.75 Å². The van der Waals surface area contributed by atoms with Crippen molar-refractivity contribution < 1.29 is 19.1 Å². The van der Waals surface area contributed by atoms with E-state index >= 15 is 0 Å². The number of halogens is 1. The van der Waals surface area contributed by atoms with Crippen LogP contribution in [0.4, 0.5) is 0 Å². The van der Waals surface area contributed by atoms with Crippen molar-refractivity contribution >= 4 is 41.1 Å². The van der Waals surface area contributed by atoms with Gasteiger partial charge in [0, 0.05) is 12.1 Å². The zero-order valence-electron chi connectivity index (χ0n) is 17.7. The van der Waals surface area contributed by atoms with E-state index in [2.05, 4.69) is 15.5 Å². The minimum absolute atomic E-state index is 0.0618. The average molecular weight is 478 g/mol. The van der Waals surface area contributed by atoms with Gasteiger partial charge in [-0.2, -0.15) is 0 Å². The second kappa shape index (κ2) is 9.50. The quantitative estimate of drug-likeness (QED) is 0.502. The Morgan fingerprint density at radius 2 is 1.91 bits per heavy atom. The molecule has 1 saturated carbocycles. The van der Waals surface area contributed by atoms with Crippen molar-refractivity contribution in [2.24, 2.45) is 7.05 Å². The van der Waals surface area contributed by atoms with E-state index in [-0.39, 0.29) is 30.7 Å². The fourth-order valence-corrected chi connectivity index (χ4v) is 5.07. The summed E-state index contributed by atoms with van der Waals surface area (Å²) in [6.07, 6.45) is 3.91. The molecule has 0 radical (unpaired) electrons. The number of benzene rings is 1. The van der Waals surface area contributed by atoms with Crippen molar-refractivity contribution in [2.45, 2.75) is 49.4 Å². The number of aromatic nitrogens is 3. The molecule has 0 unspecified atom stereocenters. The molecule has 4 rings (SSSR count). The predicted molar refractivity (Wildman–Crippen MR) is 118 cm³/mol. The lowest BCUT2D eigenvalue weighted by atomic mass is 9.78. The largest absolute Gasteiger partial charge is 0.486 e. The maximum atomic E-state index is 13.1. The van der Waals surface area contributed by atoms with Crippen LogP contribution in [0.15, 0.2) is 29.4 Å². The first-order valence-electron chi connectivity index (χ1n) is 10.4. The maximum absolute atomic E-state index is 13.1. The lowest BCUT2D eigenvalue weighted by Gasteiger charge is -2.47. The monoisotopic (exact) mass is 477 g/mol. The molecule has 0 bridgehead atoms. The van der Waals surface area contributed by atoms with Crippen LogP contribution in [0.3, 0.4) is 0 Å². The zero-order chi connectivity index (χ0) is 22.7. The topological polar surface area (TPSA) is 106 Å². The number of amides is 3. The summed E-state index contributed by atoms with van der Waals surface area (Å²) in [6, 6.07) is 7.02. The number of nitrogens with one attached hydrogen (secondary N) is 1. The van der Waals surface area contributed by atoms with Gasteiger partial charge in [0.05, 0.1) is 5.75 Å². The Kier molecular flexibility index (Phi) is 6.71. The third kappa shape index (κ3) is 4.61. The Labute approximate surface area is 194 Å². The molecule has 2 heterocycles. The van der Waals surface area contributed by atoms with Gasteiger partial charge in [0.25, 0.3) is 5.91 Å². The highest BCUT2D eigenvalue weighted by atomic mass is 35.5. The fourth-order valence-electron chi connectivity index (χ4n) is 4.14. The van der Waals surface area contributed by atoms with Crippen molar-refractivity contribution in [3.8, 4) is 5.75 Å². The first kappa shape index (κ1) is 22.6. The Morgan fingerprint density at radius 1 is 1.19 bits per heavy atom. The molecule has 1 aliphatic heterocycles. The molecule has 1 N–H and O–H groups in total. The smallest absolute Gasteiger partial charge is 0.252 e. The number of carbonyl (C=O) groups is 3. The average Bonchev–Trinajstić information content (AvgIpc) is 3.14. The van der Waals surface area contributed by atoms with Crippen LogP contribution in [0.1, 0.15) is 37.9 Å². The number of rotatable bonds is 6. The van der Waals surface area contributed by atoms with Crippen LogP contribution < -0.4 is 10.1 Å². The number of piperazine rings is 1. The number of imide groups is 1. The van der Waals surface area contributed by atoms with E-state index < -0.39 is 11.4 Å². The van der Waals surface area contributed by atoms with Gasteiger partial charge in [0.15, 0.2) is 11.0 Å². The highest BCUT2D eigenvalue weighted by Gasteiger charge is 2.50. The molecule has 1 saturated heterocycles. The second-order valence-electron chi connectivity index (χ2n) is 7.94. The molecule has 2 aromatic rings. The van der Waals surface area contributed by atoms with Gasteiger partial charge in [-0.1, -0.05) is 42.6 Å². The number of hydrogen-bond acceptors (Lipinski definition) is 7. The van der Waals surface area contributed by atoms with Crippen molar-refractivity contribution in [3.05, 3.63) is 35.1 Å². The third-order valence-electron chi connectivity index (χ3n) is 5.91. The van der Waals surface area contributed by atoms with Crippen LogP contribution in [-0.4, -0.2) is 55.2 Å². The van der Waals surface area contributed by atoms with E-state index in [9.17, 15) is 14.4 Å². The van der Waals surface area contributed by atoms with Gasteiger partial charge in [-0.25, -0.2) is 0 Å². The van der Waals surface area contributed by atoms with E-state index in [0.717, 1.165) is 19.3 Å². The summed E-state index contributed by atoms with van der Waals surface area (Å²) in [6.45, 7) is 0.119. The van der Waals surface area contributed by atoms with E-state index in [1.165, 1.54) is 16.7 Å². The summed E-state index contributed by atoms with van der Waals surface area (Å²) in [5.74, 6) is 0.282. The van der Waals surface area contributed by atoms with Crippen LogP contribution in [0, 0.1) is 0 Å². The molecule has 1 aliphatic carbocycles. The molecule has 0 atom stereocenters. The Morgan fingerprint density at radius 3 is 2.62 bits per heavy atom. The minimum atomic E-state index is -0.915. The number of hydrogen-bond donors (Lipinski definition) is 1. The van der Waals surface area contributed by atoms with Gasteiger partial charge in [0.1, 0.15) is 24.4 Å². The van der Waals surface area contributed by atoms with E-state index in [1.807, 2.05) is 0 Å². The Hall–Kier alpha value is -2.59. The Balaban J connectivity index is 1.39. The molecule has 32 heavy (non-hydrogen) atoms. The second-order valence-corrected chi connectivity index (χ2v) is 9.32. The molecular weight excluding hydrogens is 454 g/mol. The Bertz CT molecular complexity index is 1020. The molecular formula is C21H24ClN5O4S. The predicted octanol–water partition coefficient (Wildman–Crippen LogP) is 2.33. The molecule has 1 aromatic heterocycles. The van der Waals surface area contributed by atoms with Crippen LogP contribution >= 0.6 is 23.4 Å². The molecule has 1 spiro atoms. The number of nitrogens with zero attached hydrogens (tertiary/aromatic N) is 4. The van der Waals surface area contributed by atoms with Crippen LogP contribution in [0.25, 0.3) is 0 Å². The summed E-state index contributed by atoms with van der Waals surface area (Å²) in [5, 5.41) is 11.9. The first-order chi connectivity index (χ1) is 15.4. The van der Waals surface area contributed by atoms with Crippen molar-refractivity contribution in [3.63, 3.8) is 0 Å². The van der Waals surface area contributed by atoms with Crippen molar-refractivity contribution in [2.75, 3.05) is 12.3 Å². The van der Waals surface area contributed by atoms with Gasteiger partial charge < -0.3 is 14.2 Å². The molecule has 170 valence electrons. The van der Waals surface area contributed by atoms with Gasteiger partial charge in [-0.3, -0.25) is 19.7 Å². The molecule has 2 fully saturated rings. The highest BCUT2D eigenvalue weighted by Crippen LogP contribution is 2.36. The lowest BCUT2D eigenvalue weighted by Crippen LogP contribution is -2.69. The molecule has 1 aromatic carbocycles. The summed E-state index contributed by atoms with van der Waals surface area (Å²) in [4.78, 5) is 39.2. The summed E-state index contributed by atoms with van der Waals surface area (Å²) >= 11 is 7.11. The van der Waals surface area contributed by atoms with Crippen molar-refractivity contribution in [1.82, 2.24) is 25.0 Å². The minimum Gasteiger partial charge on any atom is -0.486 e.